The van der Waals surface area contributed by atoms with Gasteiger partial charge in [0.25, 0.3) is 5.91 Å². The van der Waals surface area contributed by atoms with Crippen LogP contribution in [-0.4, -0.2) is 52.4 Å². The lowest BCUT2D eigenvalue weighted by molar-refractivity contribution is 0.0740. The molecule has 0 unspecified atom stereocenters. The van der Waals surface area contributed by atoms with Crippen molar-refractivity contribution in [3.8, 4) is 5.75 Å². The van der Waals surface area contributed by atoms with Crippen molar-refractivity contribution in [1.82, 2.24) is 14.5 Å². The molecule has 8 nitrogen and oxygen atoms in total. The quantitative estimate of drug-likeness (QED) is 0.471. The summed E-state index contributed by atoms with van der Waals surface area (Å²) >= 11 is 0. The first-order valence-corrected chi connectivity index (χ1v) is 10.3. The molecule has 1 amide bonds. The molecule has 2 aromatic heterocycles. The van der Waals surface area contributed by atoms with Gasteiger partial charge in [-0.05, 0) is 25.0 Å². The van der Waals surface area contributed by atoms with E-state index >= 15 is 0 Å². The number of carbonyl (C=O) groups excluding carboxylic acids is 1. The third-order valence-electron chi connectivity index (χ3n) is 4.12. The lowest BCUT2D eigenvalue weighted by Crippen LogP contribution is -2.43. The highest BCUT2D eigenvalue weighted by molar-refractivity contribution is 7.61. The van der Waals surface area contributed by atoms with Gasteiger partial charge in [0.15, 0.2) is 16.9 Å². The molecule has 0 fully saturated rings. The number of aromatic nitrogens is 2. The summed E-state index contributed by atoms with van der Waals surface area (Å²) in [6.45, 7) is 4.34. The zero-order chi connectivity index (χ0) is 17.6. The summed E-state index contributed by atoms with van der Waals surface area (Å²) in [7, 11) is -0.694. The molecule has 0 atom stereocenters. The van der Waals surface area contributed by atoms with Crippen LogP contribution in [0.1, 0.15) is 16.1 Å². The number of carbonyl (C=O) groups is 1. The standard InChI is InChI=1S/C15H20N5O3P/c1-19-6-7-20-12(15(19)22)13(21)11-10(14(20)18-16)9(4-5-17-11)8-24(2,3)23/h4-5,21H,6-8,16H2,1-3H3/b18-14-. The molecule has 0 spiro atoms. The highest BCUT2D eigenvalue weighted by Crippen LogP contribution is 2.42. The number of rotatable bonds is 2. The molecule has 0 radical (unpaired) electrons. The van der Waals surface area contributed by atoms with Crippen LogP contribution < -0.4 is 11.3 Å². The Bertz CT molecular complexity index is 960. The molecule has 0 saturated carbocycles. The van der Waals surface area contributed by atoms with Crippen molar-refractivity contribution in [2.45, 2.75) is 12.7 Å². The number of pyridine rings is 2. The molecular formula is C15H20N5O3P. The van der Waals surface area contributed by atoms with Crippen molar-refractivity contribution in [3.63, 3.8) is 0 Å². The summed E-state index contributed by atoms with van der Waals surface area (Å²) in [6, 6.07) is 1.75. The predicted molar refractivity (Wildman–Crippen MR) is 91.3 cm³/mol. The fraction of sp³-hybridized carbons (Fsp3) is 0.400. The maximum absolute atomic E-state index is 12.5. The van der Waals surface area contributed by atoms with E-state index in [1.807, 2.05) is 0 Å². The topological polar surface area (TPSA) is 114 Å². The third-order valence-corrected chi connectivity index (χ3v) is 5.22. The first-order valence-electron chi connectivity index (χ1n) is 7.51. The molecule has 3 heterocycles. The van der Waals surface area contributed by atoms with E-state index in [1.165, 1.54) is 11.1 Å². The van der Waals surface area contributed by atoms with E-state index in [9.17, 15) is 14.5 Å². The molecule has 3 N–H and O–H groups in total. The Balaban J connectivity index is 2.45. The molecule has 0 aromatic carbocycles. The normalized spacial score (nSPS) is 15.9. The molecule has 3 rings (SSSR count). The minimum absolute atomic E-state index is 0.126. The molecule has 0 bridgehead atoms. The average molecular weight is 349 g/mol. The van der Waals surface area contributed by atoms with Crippen LogP contribution in [0.15, 0.2) is 17.4 Å². The number of amides is 1. The fourth-order valence-corrected chi connectivity index (χ4v) is 4.14. The maximum Gasteiger partial charge on any atom is 0.274 e. The number of likely N-dealkylation sites (N-methyl/N-ethyl adjacent to an activating group) is 1. The van der Waals surface area contributed by atoms with Crippen LogP contribution in [-0.2, 0) is 17.3 Å². The van der Waals surface area contributed by atoms with Gasteiger partial charge in [0, 0.05) is 32.5 Å². The van der Waals surface area contributed by atoms with Gasteiger partial charge in [-0.15, -0.1) is 0 Å². The van der Waals surface area contributed by atoms with Crippen molar-refractivity contribution in [2.75, 3.05) is 26.9 Å². The fourth-order valence-electron chi connectivity index (χ4n) is 3.05. The molecule has 0 aliphatic carbocycles. The second-order valence-electron chi connectivity index (χ2n) is 6.45. The summed E-state index contributed by atoms with van der Waals surface area (Å²) in [5, 5.41) is 15.0. The summed E-state index contributed by atoms with van der Waals surface area (Å²) in [6.07, 6.45) is 1.86. The van der Waals surface area contributed by atoms with E-state index in [4.69, 9.17) is 5.84 Å². The minimum atomic E-state index is -2.36. The van der Waals surface area contributed by atoms with Crippen molar-refractivity contribution < 1.29 is 14.5 Å². The van der Waals surface area contributed by atoms with Gasteiger partial charge in [0.05, 0.1) is 12.5 Å². The zero-order valence-corrected chi connectivity index (χ0v) is 14.7. The van der Waals surface area contributed by atoms with Gasteiger partial charge < -0.3 is 25.0 Å². The van der Waals surface area contributed by atoms with Gasteiger partial charge in [-0.3, -0.25) is 9.78 Å². The van der Waals surface area contributed by atoms with Gasteiger partial charge in [-0.1, -0.05) is 0 Å². The number of aromatic hydroxyl groups is 1. The van der Waals surface area contributed by atoms with Crippen molar-refractivity contribution in [2.24, 2.45) is 10.9 Å². The van der Waals surface area contributed by atoms with E-state index in [0.717, 1.165) is 5.56 Å². The summed E-state index contributed by atoms with van der Waals surface area (Å²) in [4.78, 5) is 18.2. The second kappa shape index (κ2) is 5.63. The Kier molecular flexibility index (Phi) is 3.87. The summed E-state index contributed by atoms with van der Waals surface area (Å²) in [5.41, 5.74) is 1.49. The summed E-state index contributed by atoms with van der Waals surface area (Å²) < 4.78 is 13.9. The van der Waals surface area contributed by atoms with E-state index in [2.05, 4.69) is 10.1 Å². The Labute approximate surface area is 139 Å². The average Bonchev–Trinajstić information content (AvgIpc) is 2.50. The minimum Gasteiger partial charge on any atom is -0.504 e. The highest BCUT2D eigenvalue weighted by atomic mass is 31.2. The number of hydrogen-bond donors (Lipinski definition) is 2. The van der Waals surface area contributed by atoms with Gasteiger partial charge in [0.2, 0.25) is 0 Å². The number of fused-ring (bicyclic) bond motifs is 2. The van der Waals surface area contributed by atoms with Gasteiger partial charge >= 0.3 is 0 Å². The molecule has 1 aliphatic rings. The molecular weight excluding hydrogens is 329 g/mol. The van der Waals surface area contributed by atoms with Gasteiger partial charge in [0.1, 0.15) is 5.52 Å². The lowest BCUT2D eigenvalue weighted by Gasteiger charge is -2.28. The number of nitrogens with zero attached hydrogens (tertiary/aromatic N) is 4. The van der Waals surface area contributed by atoms with Crippen LogP contribution in [0.3, 0.4) is 0 Å². The van der Waals surface area contributed by atoms with Crippen LogP contribution in [0, 0.1) is 0 Å². The predicted octanol–water partition coefficient (Wildman–Crippen LogP) is 0.725. The van der Waals surface area contributed by atoms with Crippen molar-refractivity contribution >= 4 is 24.0 Å². The van der Waals surface area contributed by atoms with Crippen LogP contribution in [0.4, 0.5) is 0 Å². The first kappa shape index (κ1) is 16.5. The molecule has 2 aromatic rings. The van der Waals surface area contributed by atoms with Gasteiger partial charge in [-0.2, -0.15) is 5.10 Å². The van der Waals surface area contributed by atoms with Crippen LogP contribution in [0.2, 0.25) is 0 Å². The van der Waals surface area contributed by atoms with Crippen LogP contribution >= 0.6 is 7.14 Å². The van der Waals surface area contributed by atoms with E-state index in [1.54, 1.807) is 31.0 Å². The molecule has 9 heteroatoms. The Morgan fingerprint density at radius 2 is 2.12 bits per heavy atom. The Hall–Kier alpha value is -2.34. The SMILES string of the molecule is CN1CCn2c(c(O)c3nccc(CP(C)(C)=O)c3/c2=N/N)C1=O. The first-order chi connectivity index (χ1) is 11.2. The molecule has 128 valence electrons. The molecule has 0 saturated heterocycles. The third kappa shape index (κ3) is 2.57. The monoisotopic (exact) mass is 349 g/mol. The Morgan fingerprint density at radius 3 is 2.75 bits per heavy atom. The zero-order valence-electron chi connectivity index (χ0n) is 13.9. The van der Waals surface area contributed by atoms with Crippen molar-refractivity contribution in [3.05, 3.63) is 29.0 Å². The molecule has 24 heavy (non-hydrogen) atoms. The van der Waals surface area contributed by atoms with Crippen LogP contribution in [0.5, 0.6) is 5.75 Å². The Morgan fingerprint density at radius 1 is 1.42 bits per heavy atom. The maximum atomic E-state index is 12.5. The number of nitrogens with two attached hydrogens (primary N) is 1. The summed E-state index contributed by atoms with van der Waals surface area (Å²) in [5.74, 6) is 5.10. The molecule has 1 aliphatic heterocycles. The lowest BCUT2D eigenvalue weighted by atomic mass is 10.1. The van der Waals surface area contributed by atoms with Crippen LogP contribution in [0.25, 0.3) is 10.9 Å². The largest absolute Gasteiger partial charge is 0.504 e. The van der Waals surface area contributed by atoms with E-state index in [0.29, 0.717) is 30.1 Å². The second-order valence-corrected chi connectivity index (χ2v) is 9.92. The van der Waals surface area contributed by atoms with E-state index < -0.39 is 7.14 Å². The van der Waals surface area contributed by atoms with Gasteiger partial charge in [-0.25, -0.2) is 0 Å². The van der Waals surface area contributed by atoms with E-state index in [-0.39, 0.29) is 22.9 Å². The van der Waals surface area contributed by atoms with Crippen molar-refractivity contribution in [1.29, 1.82) is 0 Å². The smallest absolute Gasteiger partial charge is 0.274 e. The number of hydrogen-bond acceptors (Lipinski definition) is 6. The highest BCUT2D eigenvalue weighted by Gasteiger charge is 2.29.